The molecule has 0 saturated carbocycles. The van der Waals surface area contributed by atoms with Gasteiger partial charge in [-0.05, 0) is 84.8 Å². The number of anilines is 1. The van der Waals surface area contributed by atoms with Crippen molar-refractivity contribution in [2.75, 3.05) is 4.90 Å². The Labute approximate surface area is 260 Å². The molecule has 4 nitrogen and oxygen atoms in total. The first-order valence-corrected chi connectivity index (χ1v) is 15.4. The van der Waals surface area contributed by atoms with E-state index >= 15 is 0 Å². The molecule has 0 aromatic heterocycles. The molecule has 0 bridgehead atoms. The molecule has 3 aromatic rings. The molecule has 8 heteroatoms. The predicted octanol–water partition coefficient (Wildman–Crippen LogP) is 9.50. The molecule has 0 saturated heterocycles. The number of halogens is 3. The van der Waals surface area contributed by atoms with Crippen molar-refractivity contribution in [1.29, 1.82) is 5.26 Å². The Morgan fingerprint density at radius 2 is 1.71 bits per heavy atom. The summed E-state index contributed by atoms with van der Waals surface area (Å²) in [4.78, 5) is 16.9. The molecule has 0 amide bonds. The van der Waals surface area contributed by atoms with Crippen LogP contribution in [-0.4, -0.2) is 5.78 Å². The monoisotopic (exact) mass is 621 g/mol. The van der Waals surface area contributed by atoms with Gasteiger partial charge in [0.15, 0.2) is 5.78 Å². The van der Waals surface area contributed by atoms with Crippen LogP contribution in [0.1, 0.15) is 54.9 Å². The van der Waals surface area contributed by atoms with Crippen LogP contribution < -0.4 is 10.6 Å². The second kappa shape index (κ2) is 11.4. The number of Topliss-reactive ketones (excluding diaryl/α,β-unsaturated/α-hetero) is 1. The molecule has 3 aromatic carbocycles. The van der Waals surface area contributed by atoms with Crippen LogP contribution in [-0.2, 0) is 10.5 Å². The number of hydrogen-bond donors (Lipinski definition) is 1. The van der Waals surface area contributed by atoms with Gasteiger partial charge in [-0.1, -0.05) is 66.3 Å². The van der Waals surface area contributed by atoms with Crippen LogP contribution >= 0.6 is 46.6 Å². The summed E-state index contributed by atoms with van der Waals surface area (Å²) < 4.78 is 0. The number of rotatable bonds is 5. The smallest absolute Gasteiger partial charge is 0.162 e. The van der Waals surface area contributed by atoms with Gasteiger partial charge in [-0.2, -0.15) is 5.26 Å². The third kappa shape index (κ3) is 5.76. The van der Waals surface area contributed by atoms with Crippen molar-refractivity contribution in [1.82, 2.24) is 0 Å². The average molecular weight is 623 g/mol. The molecule has 1 aliphatic carbocycles. The van der Waals surface area contributed by atoms with Gasteiger partial charge in [-0.3, -0.25) is 9.69 Å². The zero-order valence-corrected chi connectivity index (χ0v) is 26.4. The van der Waals surface area contributed by atoms with Crippen molar-refractivity contribution < 1.29 is 4.79 Å². The lowest BCUT2D eigenvalue weighted by molar-refractivity contribution is -0.118. The van der Waals surface area contributed by atoms with E-state index in [2.05, 4.69) is 39.0 Å². The number of aryl methyl sites for hydroxylation is 1. The number of hydrogen-bond acceptors (Lipinski definition) is 5. The highest BCUT2D eigenvalue weighted by atomic mass is 35.5. The van der Waals surface area contributed by atoms with E-state index in [1.54, 1.807) is 34.9 Å². The van der Waals surface area contributed by atoms with E-state index < -0.39 is 5.92 Å². The van der Waals surface area contributed by atoms with Crippen LogP contribution in [0.15, 0.2) is 82.2 Å². The topological polar surface area (TPSA) is 70.1 Å². The number of benzene rings is 3. The lowest BCUT2D eigenvalue weighted by Crippen LogP contribution is -2.42. The minimum absolute atomic E-state index is 0.0228. The third-order valence-electron chi connectivity index (χ3n) is 7.75. The van der Waals surface area contributed by atoms with Gasteiger partial charge in [-0.15, -0.1) is 11.8 Å². The number of thioether (sulfide) groups is 1. The highest BCUT2D eigenvalue weighted by molar-refractivity contribution is 7.98. The average Bonchev–Trinajstić information content (AvgIpc) is 2.89. The van der Waals surface area contributed by atoms with Crippen LogP contribution in [0, 0.1) is 30.6 Å². The molecule has 1 aliphatic heterocycles. The second-order valence-corrected chi connectivity index (χ2v) is 13.8. The molecule has 1 atom stereocenters. The molecule has 0 radical (unpaired) electrons. The van der Waals surface area contributed by atoms with Gasteiger partial charge in [0, 0.05) is 38.4 Å². The van der Waals surface area contributed by atoms with Crippen LogP contribution in [0.5, 0.6) is 0 Å². The van der Waals surface area contributed by atoms with Gasteiger partial charge in [0.1, 0.15) is 5.82 Å². The lowest BCUT2D eigenvalue weighted by atomic mass is 9.68. The highest BCUT2D eigenvalue weighted by Crippen LogP contribution is 2.52. The number of nitrogens with two attached hydrogens (primary N) is 1. The molecule has 0 spiro atoms. The van der Waals surface area contributed by atoms with Gasteiger partial charge in [0.2, 0.25) is 0 Å². The molecule has 1 heterocycles. The molecule has 2 aliphatic rings. The summed E-state index contributed by atoms with van der Waals surface area (Å²) in [6.45, 7) is 8.27. The van der Waals surface area contributed by atoms with Crippen molar-refractivity contribution in [3.05, 3.63) is 115 Å². The SMILES string of the molecule is Cc1cc(CSc2ccc(Cl)cc2)c(C)c(C2C(C#N)=C(N)N(c3ccc(Cl)cc3Cl)C3=C2C(=O)CC(C)(C)C3)c1. The molecule has 2 N–H and O–H groups in total. The summed E-state index contributed by atoms with van der Waals surface area (Å²) >= 11 is 20.7. The van der Waals surface area contributed by atoms with Crippen molar-refractivity contribution in [2.45, 2.75) is 57.1 Å². The second-order valence-electron chi connectivity index (χ2n) is 11.5. The summed E-state index contributed by atoms with van der Waals surface area (Å²) in [5, 5.41) is 12.1. The molecule has 1 unspecified atom stereocenters. The van der Waals surface area contributed by atoms with Crippen LogP contribution in [0.25, 0.3) is 0 Å². The Morgan fingerprint density at radius 1 is 1.02 bits per heavy atom. The molecule has 0 fully saturated rings. The number of carbonyl (C=O) groups is 1. The maximum absolute atomic E-state index is 14.0. The maximum Gasteiger partial charge on any atom is 0.162 e. The summed E-state index contributed by atoms with van der Waals surface area (Å²) in [7, 11) is 0. The van der Waals surface area contributed by atoms with E-state index in [1.807, 2.05) is 31.2 Å². The van der Waals surface area contributed by atoms with Crippen molar-refractivity contribution in [3.63, 3.8) is 0 Å². The first-order chi connectivity index (χ1) is 19.4. The number of allylic oxidation sites excluding steroid dienone is 3. The van der Waals surface area contributed by atoms with Crippen molar-refractivity contribution in [2.24, 2.45) is 11.1 Å². The summed E-state index contributed by atoms with van der Waals surface area (Å²) in [6, 6.07) is 19.6. The van der Waals surface area contributed by atoms with E-state index in [1.165, 1.54) is 0 Å². The molecular weight excluding hydrogens is 593 g/mol. The van der Waals surface area contributed by atoms with Gasteiger partial charge in [0.25, 0.3) is 0 Å². The third-order valence-corrected chi connectivity index (χ3v) is 9.60. The minimum atomic E-state index is -0.569. The molecule has 210 valence electrons. The summed E-state index contributed by atoms with van der Waals surface area (Å²) in [5.41, 5.74) is 13.1. The van der Waals surface area contributed by atoms with Crippen molar-refractivity contribution in [3.8, 4) is 6.07 Å². The van der Waals surface area contributed by atoms with Crippen molar-refractivity contribution >= 4 is 58.0 Å². The standard InChI is InChI=1S/C33H30Cl3N3OS/c1-18-11-20(17-41-23-8-5-21(34)6-9-23)19(2)24(12-18)30-25(16-37)32(38)39(27-10-7-22(35)13-26(27)36)28-14-33(3,4)15-29(40)31(28)30/h5-13,30H,14-15,17,38H2,1-4H3. The largest absolute Gasteiger partial charge is 0.384 e. The van der Waals surface area contributed by atoms with Crippen LogP contribution in [0.4, 0.5) is 5.69 Å². The number of nitriles is 1. The highest BCUT2D eigenvalue weighted by Gasteiger charge is 2.45. The van der Waals surface area contributed by atoms with Crippen LogP contribution in [0.3, 0.4) is 0 Å². The van der Waals surface area contributed by atoms with Crippen LogP contribution in [0.2, 0.25) is 15.1 Å². The summed E-state index contributed by atoms with van der Waals surface area (Å²) in [5.74, 6) is 0.466. The fourth-order valence-corrected chi connectivity index (χ4v) is 7.43. The lowest BCUT2D eigenvalue weighted by Gasteiger charge is -2.44. The Bertz CT molecular complexity index is 1670. The maximum atomic E-state index is 14.0. The fraction of sp³-hybridized carbons (Fsp3) is 0.273. The molecule has 41 heavy (non-hydrogen) atoms. The minimum Gasteiger partial charge on any atom is -0.384 e. The van der Waals surface area contributed by atoms with E-state index in [0.717, 1.165) is 38.6 Å². The fourth-order valence-electron chi connectivity index (χ4n) is 5.86. The summed E-state index contributed by atoms with van der Waals surface area (Å²) in [6.07, 6.45) is 0.986. The van der Waals surface area contributed by atoms with E-state index in [0.29, 0.717) is 44.7 Å². The first kappa shape index (κ1) is 29.6. The van der Waals surface area contributed by atoms with Gasteiger partial charge >= 0.3 is 0 Å². The van der Waals surface area contributed by atoms with Gasteiger partial charge < -0.3 is 5.73 Å². The van der Waals surface area contributed by atoms with E-state index in [4.69, 9.17) is 40.5 Å². The predicted molar refractivity (Wildman–Crippen MR) is 170 cm³/mol. The normalized spacial score (nSPS) is 18.4. The molecular formula is C33H30Cl3N3OS. The Morgan fingerprint density at radius 3 is 2.37 bits per heavy atom. The zero-order chi connectivity index (χ0) is 29.6. The molecule has 5 rings (SSSR count). The number of nitrogens with zero attached hydrogens (tertiary/aromatic N) is 2. The first-order valence-electron chi connectivity index (χ1n) is 13.3. The zero-order valence-electron chi connectivity index (χ0n) is 23.3. The van der Waals surface area contributed by atoms with Gasteiger partial charge in [0.05, 0.1) is 28.3 Å². The quantitative estimate of drug-likeness (QED) is 0.287. The Balaban J connectivity index is 1.68. The number of carbonyl (C=O) groups excluding carboxylic acids is 1. The van der Waals surface area contributed by atoms with E-state index in [9.17, 15) is 10.1 Å². The van der Waals surface area contributed by atoms with Gasteiger partial charge in [-0.25, -0.2) is 0 Å². The Hall–Kier alpha value is -2.88. The van der Waals surface area contributed by atoms with E-state index in [-0.39, 0.29) is 17.0 Å². The number of ketones is 1. The Kier molecular flexibility index (Phi) is 8.25.